The first-order valence-electron chi connectivity index (χ1n) is 8.03. The number of hydrogen-bond donors (Lipinski definition) is 0. The number of pyridine rings is 1. The van der Waals surface area contributed by atoms with Crippen LogP contribution in [0.25, 0.3) is 11.1 Å². The third-order valence-corrected chi connectivity index (χ3v) is 4.50. The number of nitrogens with zero attached hydrogens (tertiary/aromatic N) is 2. The van der Waals surface area contributed by atoms with E-state index in [-0.39, 0.29) is 6.54 Å². The normalized spacial score (nSPS) is 18.3. The van der Waals surface area contributed by atoms with Gasteiger partial charge >= 0.3 is 6.09 Å². The molecule has 0 aliphatic carbocycles. The number of rotatable bonds is 4. The summed E-state index contributed by atoms with van der Waals surface area (Å²) in [6.07, 6.45) is -0.210. The van der Waals surface area contributed by atoms with Crippen molar-refractivity contribution in [2.45, 2.75) is 18.6 Å². The predicted molar refractivity (Wildman–Crippen MR) is 85.0 cm³/mol. The van der Waals surface area contributed by atoms with E-state index in [1.165, 1.54) is 12.3 Å². The Morgan fingerprint density at radius 2 is 2.00 bits per heavy atom. The highest BCUT2D eigenvalue weighted by molar-refractivity contribution is 5.71. The van der Waals surface area contributed by atoms with Gasteiger partial charge in [0.05, 0.1) is 31.9 Å². The van der Waals surface area contributed by atoms with Gasteiger partial charge in [-0.05, 0) is 29.3 Å². The highest BCUT2D eigenvalue weighted by atomic mass is 19.3. The van der Waals surface area contributed by atoms with Gasteiger partial charge in [-0.3, -0.25) is 9.88 Å². The number of carbonyl (C=O) groups excluding carboxylic acids is 1. The topological polar surface area (TPSA) is 51.7 Å². The molecule has 2 fully saturated rings. The molecule has 1 aromatic carbocycles. The van der Waals surface area contributed by atoms with Crippen molar-refractivity contribution in [2.24, 2.45) is 0 Å². The van der Waals surface area contributed by atoms with Crippen molar-refractivity contribution in [3.63, 3.8) is 0 Å². The fourth-order valence-electron chi connectivity index (χ4n) is 3.14. The highest BCUT2D eigenvalue weighted by Gasteiger charge is 2.50. The Kier molecular flexibility index (Phi) is 4.07. The lowest BCUT2D eigenvalue weighted by Crippen LogP contribution is -2.52. The molecule has 0 saturated carbocycles. The average molecular weight is 364 g/mol. The minimum atomic E-state index is -2.90. The maximum Gasteiger partial charge on any atom is 0.410 e. The van der Waals surface area contributed by atoms with Crippen LogP contribution in [0.15, 0.2) is 36.7 Å². The minimum absolute atomic E-state index is 0.282. The molecule has 5 nitrogen and oxygen atoms in total. The van der Waals surface area contributed by atoms with E-state index in [0.717, 1.165) is 17.7 Å². The van der Waals surface area contributed by atoms with E-state index >= 15 is 0 Å². The van der Waals surface area contributed by atoms with E-state index in [4.69, 9.17) is 9.47 Å². The van der Waals surface area contributed by atoms with E-state index in [0.29, 0.717) is 30.9 Å². The van der Waals surface area contributed by atoms with Gasteiger partial charge in [-0.15, -0.1) is 0 Å². The van der Waals surface area contributed by atoms with Crippen molar-refractivity contribution in [3.05, 3.63) is 53.6 Å². The van der Waals surface area contributed by atoms with Crippen LogP contribution in [0.4, 0.5) is 18.0 Å². The largest absolute Gasteiger partial charge is 0.436 e. The van der Waals surface area contributed by atoms with Gasteiger partial charge in [0.1, 0.15) is 5.82 Å². The summed E-state index contributed by atoms with van der Waals surface area (Å²) >= 11 is 0. The molecule has 0 N–H and O–H groups in total. The lowest BCUT2D eigenvalue weighted by molar-refractivity contribution is -0.156. The molecule has 0 unspecified atom stereocenters. The summed E-state index contributed by atoms with van der Waals surface area (Å²) in [5.74, 6) is -0.944. The number of carbonyl (C=O) groups is 1. The first-order chi connectivity index (χ1) is 12.5. The Labute approximate surface area is 147 Å². The fraction of sp³-hybridized carbons (Fsp3) is 0.333. The molecule has 0 radical (unpaired) electrons. The van der Waals surface area contributed by atoms with E-state index < -0.39 is 29.5 Å². The summed E-state index contributed by atoms with van der Waals surface area (Å²) in [5, 5.41) is 0. The number of aromatic nitrogens is 1. The number of alkyl halides is 2. The van der Waals surface area contributed by atoms with Crippen molar-refractivity contribution in [3.8, 4) is 11.1 Å². The van der Waals surface area contributed by atoms with Crippen molar-refractivity contribution < 1.29 is 27.4 Å². The predicted octanol–water partition coefficient (Wildman–Crippen LogP) is 3.55. The molecule has 3 heterocycles. The number of halogens is 3. The third kappa shape index (κ3) is 3.01. The Bertz CT molecular complexity index is 855. The van der Waals surface area contributed by atoms with Crippen LogP contribution in [0, 0.1) is 5.82 Å². The highest BCUT2D eigenvalue weighted by Crippen LogP contribution is 2.32. The molecule has 8 heteroatoms. The van der Waals surface area contributed by atoms with Gasteiger partial charge in [0.25, 0.3) is 6.43 Å². The molecule has 26 heavy (non-hydrogen) atoms. The first kappa shape index (κ1) is 16.8. The quantitative estimate of drug-likeness (QED) is 0.833. The van der Waals surface area contributed by atoms with E-state index in [1.54, 1.807) is 17.2 Å². The molecule has 2 saturated heterocycles. The molecule has 1 spiro atoms. The van der Waals surface area contributed by atoms with Gasteiger partial charge in [-0.25, -0.2) is 18.0 Å². The van der Waals surface area contributed by atoms with Crippen LogP contribution in [-0.2, 0) is 16.0 Å². The second-order valence-corrected chi connectivity index (χ2v) is 6.52. The van der Waals surface area contributed by atoms with E-state index in [1.807, 2.05) is 0 Å². The SMILES string of the molecule is O=C1OC2(COC2)CN1Cc1cncc(-c2ccc(F)c(C(F)F)c2)c1. The average Bonchev–Trinajstić information content (AvgIpc) is 2.92. The Morgan fingerprint density at radius 3 is 2.65 bits per heavy atom. The van der Waals surface area contributed by atoms with Gasteiger partial charge in [-0.1, -0.05) is 6.07 Å². The number of amides is 1. The number of hydrogen-bond acceptors (Lipinski definition) is 4. The molecule has 0 bridgehead atoms. The van der Waals surface area contributed by atoms with Gasteiger partial charge in [0.15, 0.2) is 5.60 Å². The zero-order chi connectivity index (χ0) is 18.3. The zero-order valence-corrected chi connectivity index (χ0v) is 13.6. The van der Waals surface area contributed by atoms with Crippen LogP contribution in [0.5, 0.6) is 0 Å². The summed E-state index contributed by atoms with van der Waals surface area (Å²) in [5.41, 5.74) is 0.524. The summed E-state index contributed by atoms with van der Waals surface area (Å²) in [4.78, 5) is 17.7. The smallest absolute Gasteiger partial charge is 0.410 e. The second kappa shape index (κ2) is 6.28. The molecular formula is C18H15F3N2O3. The van der Waals surface area contributed by atoms with Crippen molar-refractivity contribution in [2.75, 3.05) is 19.8 Å². The summed E-state index contributed by atoms with van der Waals surface area (Å²) < 4.78 is 49.8. The number of benzene rings is 1. The van der Waals surface area contributed by atoms with Gasteiger partial charge in [0.2, 0.25) is 0 Å². The van der Waals surface area contributed by atoms with Crippen LogP contribution in [0.2, 0.25) is 0 Å². The summed E-state index contributed by atoms with van der Waals surface area (Å²) in [6, 6.07) is 5.30. The summed E-state index contributed by atoms with van der Waals surface area (Å²) in [7, 11) is 0. The zero-order valence-electron chi connectivity index (χ0n) is 13.6. The molecule has 2 aliphatic heterocycles. The molecule has 1 aromatic heterocycles. The van der Waals surface area contributed by atoms with E-state index in [9.17, 15) is 18.0 Å². The number of ether oxygens (including phenoxy) is 2. The minimum Gasteiger partial charge on any atom is -0.436 e. The molecule has 2 aliphatic rings. The van der Waals surface area contributed by atoms with Crippen LogP contribution >= 0.6 is 0 Å². The van der Waals surface area contributed by atoms with Crippen LogP contribution in [0.3, 0.4) is 0 Å². The lowest BCUT2D eigenvalue weighted by atomic mass is 10.0. The van der Waals surface area contributed by atoms with Crippen LogP contribution < -0.4 is 0 Å². The van der Waals surface area contributed by atoms with Gasteiger partial charge in [-0.2, -0.15) is 0 Å². The third-order valence-electron chi connectivity index (χ3n) is 4.50. The Morgan fingerprint density at radius 1 is 1.19 bits per heavy atom. The Hall–Kier alpha value is -2.61. The standard InChI is InChI=1S/C18H15F3N2O3/c19-15-2-1-12(4-14(15)16(20)21)13-3-11(5-22-6-13)7-23-8-18(9-25-10-18)26-17(23)24/h1-6,16H,7-10H2. The fourth-order valence-corrected chi connectivity index (χ4v) is 3.14. The van der Waals surface area contributed by atoms with Crippen molar-refractivity contribution in [1.29, 1.82) is 0 Å². The monoisotopic (exact) mass is 364 g/mol. The first-order valence-corrected chi connectivity index (χ1v) is 8.03. The van der Waals surface area contributed by atoms with Gasteiger partial charge in [0, 0.05) is 18.0 Å². The molecule has 136 valence electrons. The second-order valence-electron chi connectivity index (χ2n) is 6.52. The molecule has 2 aromatic rings. The molecule has 0 atom stereocenters. The maximum absolute atomic E-state index is 13.5. The van der Waals surface area contributed by atoms with Crippen molar-refractivity contribution >= 4 is 6.09 Å². The van der Waals surface area contributed by atoms with E-state index in [2.05, 4.69) is 4.98 Å². The molecular weight excluding hydrogens is 349 g/mol. The van der Waals surface area contributed by atoms with Gasteiger partial charge < -0.3 is 9.47 Å². The van der Waals surface area contributed by atoms with Crippen LogP contribution in [0.1, 0.15) is 17.6 Å². The van der Waals surface area contributed by atoms with Crippen molar-refractivity contribution in [1.82, 2.24) is 9.88 Å². The lowest BCUT2D eigenvalue weighted by Gasteiger charge is -2.34. The maximum atomic E-state index is 13.5. The van der Waals surface area contributed by atoms with Crippen LogP contribution in [-0.4, -0.2) is 41.3 Å². The molecule has 1 amide bonds. The summed E-state index contributed by atoms with van der Waals surface area (Å²) in [6.45, 7) is 1.49. The molecule has 4 rings (SSSR count). The Balaban J connectivity index is 1.56.